The third-order valence-corrected chi connectivity index (χ3v) is 5.14. The van der Waals surface area contributed by atoms with E-state index in [1.165, 1.54) is 17.0 Å². The molecular weight excluding hydrogens is 435 g/mol. The lowest BCUT2D eigenvalue weighted by Crippen LogP contribution is -2.52. The van der Waals surface area contributed by atoms with Crippen molar-refractivity contribution in [3.8, 4) is 0 Å². The summed E-state index contributed by atoms with van der Waals surface area (Å²) in [5.74, 6) is -1.96. The molecule has 0 bridgehead atoms. The first-order valence-corrected chi connectivity index (χ1v) is 10.6. The van der Waals surface area contributed by atoms with E-state index >= 15 is 0 Å². The van der Waals surface area contributed by atoms with Gasteiger partial charge in [-0.1, -0.05) is 44.2 Å². The molecule has 0 fully saturated rings. The monoisotopic (exact) mass is 463 g/mol. The fraction of sp³-hybridized carbons (Fsp3) is 0.375. The van der Waals surface area contributed by atoms with Gasteiger partial charge in [0.15, 0.2) is 0 Å². The maximum atomic E-state index is 13.2. The average Bonchev–Trinajstić information content (AvgIpc) is 2.75. The summed E-state index contributed by atoms with van der Waals surface area (Å²) in [5.41, 5.74) is -0.175. The van der Waals surface area contributed by atoms with E-state index in [2.05, 4.69) is 10.6 Å². The number of benzene rings is 2. The molecule has 0 aromatic heterocycles. The molecule has 6 nitrogen and oxygen atoms in total. The van der Waals surface area contributed by atoms with Crippen LogP contribution in [0.25, 0.3) is 0 Å². The molecular formula is C24H28F3N3O3. The first-order valence-electron chi connectivity index (χ1n) is 10.6. The highest BCUT2D eigenvalue weighted by atomic mass is 19.4. The Labute approximate surface area is 191 Å². The molecule has 2 aromatic carbocycles. The molecule has 9 heteroatoms. The largest absolute Gasteiger partial charge is 0.418 e. The SMILES string of the molecule is CCN(CC(=O)Nc1ccccc1C(F)(F)F)C(=O)C(NC(=O)c1ccccc1C)C(C)C. The van der Waals surface area contributed by atoms with Gasteiger partial charge in [-0.25, -0.2) is 0 Å². The summed E-state index contributed by atoms with van der Waals surface area (Å²) in [5, 5.41) is 4.97. The average molecular weight is 464 g/mol. The number of para-hydroxylation sites is 1. The summed E-state index contributed by atoms with van der Waals surface area (Å²) in [6.45, 7) is 6.63. The Kier molecular flexibility index (Phi) is 8.62. The number of nitrogens with one attached hydrogen (secondary N) is 2. The lowest BCUT2D eigenvalue weighted by Gasteiger charge is -2.29. The number of rotatable bonds is 8. The number of amides is 3. The van der Waals surface area contributed by atoms with Crippen LogP contribution < -0.4 is 10.6 Å². The highest BCUT2D eigenvalue weighted by Crippen LogP contribution is 2.34. The smallest absolute Gasteiger partial charge is 0.340 e. The Hall–Kier alpha value is -3.36. The van der Waals surface area contributed by atoms with Crippen LogP contribution in [0.2, 0.25) is 0 Å². The first-order chi connectivity index (χ1) is 15.5. The standard InChI is InChI=1S/C24H28F3N3O3/c1-5-30(14-20(31)28-19-13-9-8-12-18(19)24(25,26)27)23(33)21(15(2)3)29-22(32)17-11-7-6-10-16(17)4/h6-13,15,21H,5,14H2,1-4H3,(H,28,31)(H,29,32). The van der Waals surface area contributed by atoms with E-state index in [0.717, 1.165) is 17.7 Å². The van der Waals surface area contributed by atoms with Crippen LogP contribution in [-0.2, 0) is 15.8 Å². The number of likely N-dealkylation sites (N-methyl/N-ethyl adjacent to an activating group) is 1. The Balaban J connectivity index is 2.14. The van der Waals surface area contributed by atoms with Crippen molar-refractivity contribution in [2.75, 3.05) is 18.4 Å². The minimum atomic E-state index is -4.63. The number of aryl methyl sites for hydroxylation is 1. The lowest BCUT2D eigenvalue weighted by atomic mass is 10.0. The van der Waals surface area contributed by atoms with Crippen LogP contribution in [0.15, 0.2) is 48.5 Å². The molecule has 0 aliphatic heterocycles. The summed E-state index contributed by atoms with van der Waals surface area (Å²) in [6, 6.07) is 10.7. The van der Waals surface area contributed by atoms with Crippen LogP contribution in [0.4, 0.5) is 18.9 Å². The number of carbonyl (C=O) groups excluding carboxylic acids is 3. The van der Waals surface area contributed by atoms with Crippen LogP contribution in [-0.4, -0.2) is 41.8 Å². The van der Waals surface area contributed by atoms with Gasteiger partial charge in [0.1, 0.15) is 6.04 Å². The van der Waals surface area contributed by atoms with Gasteiger partial charge >= 0.3 is 6.18 Å². The van der Waals surface area contributed by atoms with E-state index < -0.39 is 42.0 Å². The van der Waals surface area contributed by atoms with Crippen LogP contribution >= 0.6 is 0 Å². The van der Waals surface area contributed by atoms with E-state index in [4.69, 9.17) is 0 Å². The minimum absolute atomic E-state index is 0.136. The zero-order valence-electron chi connectivity index (χ0n) is 19.0. The van der Waals surface area contributed by atoms with Gasteiger partial charge in [0.25, 0.3) is 5.91 Å². The number of hydrogen-bond donors (Lipinski definition) is 2. The highest BCUT2D eigenvalue weighted by molar-refractivity contribution is 6.00. The van der Waals surface area contributed by atoms with Crippen molar-refractivity contribution in [1.29, 1.82) is 0 Å². The van der Waals surface area contributed by atoms with Crippen molar-refractivity contribution in [3.63, 3.8) is 0 Å². The van der Waals surface area contributed by atoms with Crippen molar-refractivity contribution in [3.05, 3.63) is 65.2 Å². The molecule has 3 amide bonds. The number of alkyl halides is 3. The summed E-state index contributed by atoms with van der Waals surface area (Å²) in [7, 11) is 0. The van der Waals surface area contributed by atoms with Gasteiger partial charge < -0.3 is 15.5 Å². The maximum absolute atomic E-state index is 13.2. The van der Waals surface area contributed by atoms with Gasteiger partial charge in [0, 0.05) is 12.1 Å². The molecule has 2 rings (SSSR count). The Bertz CT molecular complexity index is 1010. The van der Waals surface area contributed by atoms with Crippen molar-refractivity contribution in [1.82, 2.24) is 10.2 Å². The molecule has 0 saturated heterocycles. The molecule has 33 heavy (non-hydrogen) atoms. The predicted octanol–water partition coefficient (Wildman–Crippen LogP) is 4.26. The maximum Gasteiger partial charge on any atom is 0.418 e. The second kappa shape index (κ2) is 11.0. The van der Waals surface area contributed by atoms with Crippen molar-refractivity contribution in [2.24, 2.45) is 5.92 Å². The summed E-state index contributed by atoms with van der Waals surface area (Å²) in [6.07, 6.45) is -4.63. The number of halogens is 3. The fourth-order valence-corrected chi connectivity index (χ4v) is 3.30. The minimum Gasteiger partial charge on any atom is -0.340 e. The van der Waals surface area contributed by atoms with E-state index in [0.29, 0.717) is 5.56 Å². The highest BCUT2D eigenvalue weighted by Gasteiger charge is 2.34. The topological polar surface area (TPSA) is 78.5 Å². The molecule has 2 aromatic rings. The molecule has 0 aliphatic rings. The zero-order chi connectivity index (χ0) is 24.8. The van der Waals surface area contributed by atoms with Gasteiger partial charge in [-0.3, -0.25) is 14.4 Å². The number of nitrogens with zero attached hydrogens (tertiary/aromatic N) is 1. The van der Waals surface area contributed by atoms with Gasteiger partial charge in [0.05, 0.1) is 17.8 Å². The molecule has 0 spiro atoms. The molecule has 0 saturated carbocycles. The normalized spacial score (nSPS) is 12.2. The van der Waals surface area contributed by atoms with E-state index in [9.17, 15) is 27.6 Å². The van der Waals surface area contributed by atoms with Gasteiger partial charge in [-0.05, 0) is 43.5 Å². The van der Waals surface area contributed by atoms with Gasteiger partial charge in [-0.2, -0.15) is 13.2 Å². The Morgan fingerprint density at radius 2 is 1.61 bits per heavy atom. The molecule has 1 unspecified atom stereocenters. The lowest BCUT2D eigenvalue weighted by molar-refractivity contribution is -0.138. The van der Waals surface area contributed by atoms with E-state index in [1.54, 1.807) is 52.0 Å². The summed E-state index contributed by atoms with van der Waals surface area (Å²) in [4.78, 5) is 39.5. The fourth-order valence-electron chi connectivity index (χ4n) is 3.30. The first kappa shape index (κ1) is 25.9. The Morgan fingerprint density at radius 1 is 1.00 bits per heavy atom. The zero-order valence-corrected chi connectivity index (χ0v) is 19.0. The second-order valence-corrected chi connectivity index (χ2v) is 7.95. The molecule has 0 radical (unpaired) electrons. The molecule has 0 heterocycles. The van der Waals surface area contributed by atoms with E-state index in [-0.39, 0.29) is 18.2 Å². The van der Waals surface area contributed by atoms with E-state index in [1.807, 2.05) is 0 Å². The van der Waals surface area contributed by atoms with Crippen LogP contribution in [0.5, 0.6) is 0 Å². The van der Waals surface area contributed by atoms with Crippen LogP contribution in [0.3, 0.4) is 0 Å². The van der Waals surface area contributed by atoms with Gasteiger partial charge in [0.2, 0.25) is 11.8 Å². The summed E-state index contributed by atoms with van der Waals surface area (Å²) < 4.78 is 39.6. The number of anilines is 1. The number of hydrogen-bond acceptors (Lipinski definition) is 3. The third-order valence-electron chi connectivity index (χ3n) is 5.14. The van der Waals surface area contributed by atoms with Crippen molar-refractivity contribution < 1.29 is 27.6 Å². The third kappa shape index (κ3) is 6.81. The summed E-state index contributed by atoms with van der Waals surface area (Å²) >= 11 is 0. The van der Waals surface area contributed by atoms with Crippen molar-refractivity contribution >= 4 is 23.4 Å². The molecule has 0 aliphatic carbocycles. The second-order valence-electron chi connectivity index (χ2n) is 7.95. The quantitative estimate of drug-likeness (QED) is 0.614. The van der Waals surface area contributed by atoms with Crippen molar-refractivity contribution in [2.45, 2.75) is 39.9 Å². The molecule has 2 N–H and O–H groups in total. The number of carbonyl (C=O) groups is 3. The predicted molar refractivity (Wildman–Crippen MR) is 120 cm³/mol. The van der Waals surface area contributed by atoms with Gasteiger partial charge in [-0.15, -0.1) is 0 Å². The molecule has 1 atom stereocenters. The molecule has 178 valence electrons. The van der Waals surface area contributed by atoms with Crippen LogP contribution in [0, 0.1) is 12.8 Å². The van der Waals surface area contributed by atoms with Crippen LogP contribution in [0.1, 0.15) is 42.3 Å². The Morgan fingerprint density at radius 3 is 2.18 bits per heavy atom.